The van der Waals surface area contributed by atoms with Crippen LogP contribution in [0.1, 0.15) is 36.7 Å². The fourth-order valence-corrected chi connectivity index (χ4v) is 1.76. The van der Waals surface area contributed by atoms with E-state index in [1.165, 1.54) is 11.3 Å². The van der Waals surface area contributed by atoms with Crippen molar-refractivity contribution in [2.24, 2.45) is 5.92 Å². The lowest BCUT2D eigenvalue weighted by atomic mass is 10.1. The van der Waals surface area contributed by atoms with Crippen molar-refractivity contribution in [3.63, 3.8) is 0 Å². The summed E-state index contributed by atoms with van der Waals surface area (Å²) in [5.41, 5.74) is 0. The number of nitrogens with one attached hydrogen (secondary N) is 1. The highest BCUT2D eigenvalue weighted by molar-refractivity contribution is 7.11. The van der Waals surface area contributed by atoms with Gasteiger partial charge in [-0.25, -0.2) is 0 Å². The van der Waals surface area contributed by atoms with Crippen LogP contribution in [0.4, 0.5) is 0 Å². The zero-order valence-electron chi connectivity index (χ0n) is 9.41. The Balaban J connectivity index is 2.28. The first kappa shape index (κ1) is 12.1. The molecule has 1 amide bonds. The third kappa shape index (κ3) is 4.38. The Bertz CT molecular complexity index is 324. The predicted molar refractivity (Wildman–Crippen MR) is 60.6 cm³/mol. The lowest BCUT2D eigenvalue weighted by Crippen LogP contribution is -2.24. The van der Waals surface area contributed by atoms with Crippen molar-refractivity contribution >= 4 is 17.2 Å². The number of rotatable bonds is 5. The normalized spacial score (nSPS) is 12.5. The molecule has 4 nitrogen and oxygen atoms in total. The smallest absolute Gasteiger partial charge is 0.220 e. The standard InChI is InChI=1S/C10H17N3OS/c1-4-7(2)5-9(14)11-6-10-13-12-8(3)15-10/h7H,4-6H2,1-3H3,(H,11,14). The highest BCUT2D eigenvalue weighted by Crippen LogP contribution is 2.08. The Morgan fingerprint density at radius 1 is 1.53 bits per heavy atom. The van der Waals surface area contributed by atoms with Gasteiger partial charge in [-0.1, -0.05) is 31.6 Å². The molecule has 1 rings (SSSR count). The fourth-order valence-electron chi connectivity index (χ4n) is 1.12. The summed E-state index contributed by atoms with van der Waals surface area (Å²) >= 11 is 1.52. The largest absolute Gasteiger partial charge is 0.350 e. The minimum atomic E-state index is 0.0946. The van der Waals surface area contributed by atoms with Gasteiger partial charge >= 0.3 is 0 Å². The minimum absolute atomic E-state index is 0.0946. The van der Waals surface area contributed by atoms with Crippen LogP contribution in [0.2, 0.25) is 0 Å². The second-order valence-electron chi connectivity index (χ2n) is 3.71. The summed E-state index contributed by atoms with van der Waals surface area (Å²) in [6.45, 7) is 6.57. The van der Waals surface area contributed by atoms with Crippen LogP contribution in [-0.2, 0) is 11.3 Å². The van der Waals surface area contributed by atoms with Gasteiger partial charge in [0, 0.05) is 6.42 Å². The number of amides is 1. The number of nitrogens with zero attached hydrogens (tertiary/aromatic N) is 2. The topological polar surface area (TPSA) is 54.9 Å². The molecule has 0 radical (unpaired) electrons. The molecular weight excluding hydrogens is 210 g/mol. The van der Waals surface area contributed by atoms with Crippen LogP contribution >= 0.6 is 11.3 Å². The van der Waals surface area contributed by atoms with E-state index in [0.29, 0.717) is 18.9 Å². The summed E-state index contributed by atoms with van der Waals surface area (Å²) in [6.07, 6.45) is 1.62. The van der Waals surface area contributed by atoms with Crippen LogP contribution in [-0.4, -0.2) is 16.1 Å². The fraction of sp³-hybridized carbons (Fsp3) is 0.700. The molecule has 1 aromatic rings. The highest BCUT2D eigenvalue weighted by Gasteiger charge is 2.08. The average Bonchev–Trinajstić information content (AvgIpc) is 2.61. The van der Waals surface area contributed by atoms with Gasteiger partial charge in [0.05, 0.1) is 6.54 Å². The molecule has 5 heteroatoms. The zero-order valence-corrected chi connectivity index (χ0v) is 10.2. The van der Waals surface area contributed by atoms with Gasteiger partial charge in [-0.15, -0.1) is 10.2 Å². The monoisotopic (exact) mass is 227 g/mol. The summed E-state index contributed by atoms with van der Waals surface area (Å²) < 4.78 is 0. The molecule has 0 aliphatic rings. The molecule has 1 atom stereocenters. The van der Waals surface area contributed by atoms with Crippen molar-refractivity contribution in [3.8, 4) is 0 Å². The summed E-state index contributed by atoms with van der Waals surface area (Å²) in [7, 11) is 0. The molecular formula is C10H17N3OS. The predicted octanol–water partition coefficient (Wildman–Crippen LogP) is 1.90. The second kappa shape index (κ2) is 5.80. The molecule has 0 aliphatic carbocycles. The van der Waals surface area contributed by atoms with Gasteiger partial charge in [0.25, 0.3) is 0 Å². The maximum Gasteiger partial charge on any atom is 0.220 e. The molecule has 0 spiro atoms. The molecule has 0 saturated carbocycles. The van der Waals surface area contributed by atoms with E-state index in [2.05, 4.69) is 29.4 Å². The second-order valence-corrected chi connectivity index (χ2v) is 4.98. The van der Waals surface area contributed by atoms with Crippen LogP contribution in [0.25, 0.3) is 0 Å². The first-order chi connectivity index (χ1) is 7.11. The van der Waals surface area contributed by atoms with E-state index in [-0.39, 0.29) is 5.91 Å². The van der Waals surface area contributed by atoms with Crippen molar-refractivity contribution in [1.29, 1.82) is 0 Å². The van der Waals surface area contributed by atoms with Crippen molar-refractivity contribution in [1.82, 2.24) is 15.5 Å². The molecule has 1 unspecified atom stereocenters. The Morgan fingerprint density at radius 2 is 2.27 bits per heavy atom. The third-order valence-corrected chi connectivity index (χ3v) is 3.07. The van der Waals surface area contributed by atoms with Crippen molar-refractivity contribution in [2.45, 2.75) is 40.2 Å². The van der Waals surface area contributed by atoms with E-state index in [9.17, 15) is 4.79 Å². The van der Waals surface area contributed by atoms with Gasteiger partial charge in [-0.2, -0.15) is 0 Å². The number of hydrogen-bond donors (Lipinski definition) is 1. The Kier molecular flexibility index (Phi) is 4.68. The average molecular weight is 227 g/mol. The van der Waals surface area contributed by atoms with Gasteiger partial charge in [-0.05, 0) is 12.8 Å². The van der Waals surface area contributed by atoms with E-state index in [1.807, 2.05) is 6.92 Å². The third-order valence-electron chi connectivity index (χ3n) is 2.24. The van der Waals surface area contributed by atoms with Crippen LogP contribution in [0.5, 0.6) is 0 Å². The van der Waals surface area contributed by atoms with Crippen molar-refractivity contribution in [3.05, 3.63) is 10.0 Å². The maximum atomic E-state index is 11.4. The van der Waals surface area contributed by atoms with Crippen LogP contribution in [0.3, 0.4) is 0 Å². The van der Waals surface area contributed by atoms with E-state index in [4.69, 9.17) is 0 Å². The first-order valence-corrected chi connectivity index (χ1v) is 5.99. The molecule has 0 aromatic carbocycles. The van der Waals surface area contributed by atoms with E-state index in [0.717, 1.165) is 16.4 Å². The molecule has 0 bridgehead atoms. The van der Waals surface area contributed by atoms with Crippen molar-refractivity contribution < 1.29 is 4.79 Å². The number of hydrogen-bond acceptors (Lipinski definition) is 4. The molecule has 1 aromatic heterocycles. The highest BCUT2D eigenvalue weighted by atomic mass is 32.1. The van der Waals surface area contributed by atoms with E-state index in [1.54, 1.807) is 0 Å². The number of aryl methyl sites for hydroxylation is 1. The van der Waals surface area contributed by atoms with Gasteiger partial charge in [0.2, 0.25) is 5.91 Å². The Hall–Kier alpha value is -0.970. The summed E-state index contributed by atoms with van der Waals surface area (Å²) in [5, 5.41) is 12.5. The Morgan fingerprint density at radius 3 is 2.80 bits per heavy atom. The number of carbonyl (C=O) groups excluding carboxylic acids is 1. The van der Waals surface area contributed by atoms with Crippen LogP contribution < -0.4 is 5.32 Å². The summed E-state index contributed by atoms with van der Waals surface area (Å²) in [5.74, 6) is 0.540. The molecule has 15 heavy (non-hydrogen) atoms. The molecule has 1 heterocycles. The summed E-state index contributed by atoms with van der Waals surface area (Å²) in [4.78, 5) is 11.4. The maximum absolute atomic E-state index is 11.4. The lowest BCUT2D eigenvalue weighted by molar-refractivity contribution is -0.122. The lowest BCUT2D eigenvalue weighted by Gasteiger charge is -2.07. The van der Waals surface area contributed by atoms with Crippen LogP contribution in [0, 0.1) is 12.8 Å². The van der Waals surface area contributed by atoms with Gasteiger partial charge in [0.1, 0.15) is 10.0 Å². The molecule has 1 N–H and O–H groups in total. The molecule has 84 valence electrons. The number of carbonyl (C=O) groups is 1. The van der Waals surface area contributed by atoms with Crippen molar-refractivity contribution in [2.75, 3.05) is 0 Å². The molecule has 0 saturated heterocycles. The molecule has 0 fully saturated rings. The molecule has 0 aliphatic heterocycles. The minimum Gasteiger partial charge on any atom is -0.350 e. The zero-order chi connectivity index (χ0) is 11.3. The van der Waals surface area contributed by atoms with E-state index >= 15 is 0 Å². The van der Waals surface area contributed by atoms with Crippen LogP contribution in [0.15, 0.2) is 0 Å². The Labute approximate surface area is 94.1 Å². The quantitative estimate of drug-likeness (QED) is 0.836. The first-order valence-electron chi connectivity index (χ1n) is 5.17. The van der Waals surface area contributed by atoms with Gasteiger partial charge in [0.15, 0.2) is 0 Å². The van der Waals surface area contributed by atoms with Gasteiger partial charge in [-0.3, -0.25) is 4.79 Å². The van der Waals surface area contributed by atoms with Gasteiger partial charge < -0.3 is 5.32 Å². The number of aromatic nitrogens is 2. The SMILES string of the molecule is CCC(C)CC(=O)NCc1nnc(C)s1. The summed E-state index contributed by atoms with van der Waals surface area (Å²) in [6, 6.07) is 0. The van der Waals surface area contributed by atoms with E-state index < -0.39 is 0 Å².